The summed E-state index contributed by atoms with van der Waals surface area (Å²) in [5.74, 6) is -0.444. The van der Waals surface area contributed by atoms with Crippen LogP contribution in [0.3, 0.4) is 0 Å². The van der Waals surface area contributed by atoms with Gasteiger partial charge in [0.25, 0.3) is 0 Å². The van der Waals surface area contributed by atoms with E-state index in [0.29, 0.717) is 17.0 Å². The van der Waals surface area contributed by atoms with Gasteiger partial charge in [0.05, 0.1) is 12.0 Å². The highest BCUT2D eigenvalue weighted by molar-refractivity contribution is 6.30. The average molecular weight is 487 g/mol. The summed E-state index contributed by atoms with van der Waals surface area (Å²) in [5.41, 5.74) is 2.31. The molecule has 0 saturated carbocycles. The number of aromatic nitrogens is 1. The van der Waals surface area contributed by atoms with Crippen LogP contribution >= 0.6 is 11.6 Å². The zero-order valence-electron chi connectivity index (χ0n) is 18.0. The van der Waals surface area contributed by atoms with Crippen molar-refractivity contribution in [2.24, 2.45) is 0 Å². The van der Waals surface area contributed by atoms with Crippen molar-refractivity contribution in [3.05, 3.63) is 106 Å². The molecule has 0 aliphatic heterocycles. The van der Waals surface area contributed by atoms with Crippen molar-refractivity contribution in [1.82, 2.24) is 10.3 Å². The average Bonchev–Trinajstić information content (AvgIpc) is 3.21. The second-order valence-electron chi connectivity index (χ2n) is 7.92. The molecule has 1 heterocycles. The van der Waals surface area contributed by atoms with Crippen LogP contribution in [0.2, 0.25) is 5.02 Å². The summed E-state index contributed by atoms with van der Waals surface area (Å²) in [5, 5.41) is 4.59. The Labute approximate surface area is 199 Å². The first-order valence-corrected chi connectivity index (χ1v) is 11.0. The first-order valence-electron chi connectivity index (χ1n) is 10.7. The monoisotopic (exact) mass is 486 g/mol. The smallest absolute Gasteiger partial charge is 0.416 e. The fraction of sp³-hybridized carbons (Fsp3) is 0.192. The van der Waals surface area contributed by atoms with Crippen LogP contribution in [0.15, 0.2) is 79.0 Å². The number of esters is 1. The lowest BCUT2D eigenvalue weighted by Gasteiger charge is -2.20. The molecule has 3 aromatic carbocycles. The number of hydrogen-bond acceptors (Lipinski definition) is 3. The molecule has 176 valence electrons. The molecular weight excluding hydrogens is 465 g/mol. The number of benzene rings is 3. The minimum atomic E-state index is -4.43. The molecule has 4 nitrogen and oxygen atoms in total. The van der Waals surface area contributed by atoms with Gasteiger partial charge in [-0.1, -0.05) is 60.1 Å². The quantitative estimate of drug-likeness (QED) is 0.227. The van der Waals surface area contributed by atoms with Crippen LogP contribution in [-0.2, 0) is 35.1 Å². The third-order valence-electron chi connectivity index (χ3n) is 5.41. The summed E-state index contributed by atoms with van der Waals surface area (Å²) < 4.78 is 44.8. The normalized spacial score (nSPS) is 12.6. The minimum absolute atomic E-state index is 0.0619. The largest absolute Gasteiger partial charge is 0.446 e. The van der Waals surface area contributed by atoms with E-state index in [2.05, 4.69) is 10.3 Å². The maximum Gasteiger partial charge on any atom is 0.416 e. The Balaban J connectivity index is 1.47. The molecule has 4 aromatic rings. The second-order valence-corrected chi connectivity index (χ2v) is 8.36. The van der Waals surface area contributed by atoms with Crippen LogP contribution in [0.25, 0.3) is 10.9 Å². The number of carbonyl (C=O) groups excluding carboxylic acids is 1. The Kier molecular flexibility index (Phi) is 7.24. The van der Waals surface area contributed by atoms with Crippen LogP contribution in [0.5, 0.6) is 0 Å². The number of halogens is 4. The van der Waals surface area contributed by atoms with Crippen LogP contribution in [-0.4, -0.2) is 17.2 Å². The van der Waals surface area contributed by atoms with Crippen molar-refractivity contribution >= 4 is 28.5 Å². The number of hydrogen-bond donors (Lipinski definition) is 2. The van der Waals surface area contributed by atoms with Crippen molar-refractivity contribution in [2.75, 3.05) is 0 Å². The number of fused-ring (bicyclic) bond motifs is 1. The summed E-state index contributed by atoms with van der Waals surface area (Å²) in [6.45, 7) is 0.0997. The predicted molar refractivity (Wildman–Crippen MR) is 125 cm³/mol. The van der Waals surface area contributed by atoms with Crippen LogP contribution in [0.1, 0.15) is 22.3 Å². The number of alkyl halides is 3. The van der Waals surface area contributed by atoms with E-state index in [1.54, 1.807) is 24.4 Å². The highest BCUT2D eigenvalue weighted by Gasteiger charge is 2.30. The molecular formula is C26H22ClF3N2O2. The molecule has 4 rings (SSSR count). The Bertz CT molecular complexity index is 1270. The minimum Gasteiger partial charge on any atom is -0.446 e. The van der Waals surface area contributed by atoms with Crippen molar-refractivity contribution in [1.29, 1.82) is 0 Å². The van der Waals surface area contributed by atoms with Gasteiger partial charge in [0, 0.05) is 35.1 Å². The molecule has 34 heavy (non-hydrogen) atoms. The Morgan fingerprint density at radius 2 is 1.76 bits per heavy atom. The summed E-state index contributed by atoms with van der Waals surface area (Å²) in [6.07, 6.45) is -3.00. The summed E-state index contributed by atoms with van der Waals surface area (Å²) >= 11 is 5.96. The number of ether oxygens (including phenoxy) is 1. The molecule has 0 bridgehead atoms. The Morgan fingerprint density at radius 1 is 1.00 bits per heavy atom. The van der Waals surface area contributed by atoms with Gasteiger partial charge in [-0.2, -0.15) is 13.2 Å². The van der Waals surface area contributed by atoms with Gasteiger partial charge in [0.15, 0.2) is 6.23 Å². The molecule has 0 aliphatic carbocycles. The van der Waals surface area contributed by atoms with E-state index in [1.165, 1.54) is 6.07 Å². The lowest BCUT2D eigenvalue weighted by molar-refractivity contribution is -0.149. The first kappa shape index (κ1) is 23.9. The van der Waals surface area contributed by atoms with Gasteiger partial charge in [-0.05, 0) is 41.0 Å². The van der Waals surface area contributed by atoms with Gasteiger partial charge in [0.1, 0.15) is 0 Å². The highest BCUT2D eigenvalue weighted by atomic mass is 35.5. The van der Waals surface area contributed by atoms with Crippen LogP contribution < -0.4 is 5.32 Å². The fourth-order valence-corrected chi connectivity index (χ4v) is 3.84. The third kappa shape index (κ3) is 6.18. The van der Waals surface area contributed by atoms with Crippen LogP contribution in [0, 0.1) is 0 Å². The number of rotatable bonds is 8. The molecule has 0 radical (unpaired) electrons. The molecule has 2 N–H and O–H groups in total. The molecule has 0 aliphatic rings. The molecule has 0 spiro atoms. The molecule has 1 aromatic heterocycles. The third-order valence-corrected chi connectivity index (χ3v) is 5.66. The Morgan fingerprint density at radius 3 is 2.53 bits per heavy atom. The maximum atomic E-state index is 13.0. The second kappa shape index (κ2) is 10.3. The van der Waals surface area contributed by atoms with Crippen LogP contribution in [0.4, 0.5) is 13.2 Å². The number of carbonyl (C=O) groups is 1. The van der Waals surface area contributed by atoms with Gasteiger partial charge >= 0.3 is 12.1 Å². The number of nitrogens with one attached hydrogen (secondary N) is 2. The zero-order valence-corrected chi connectivity index (χ0v) is 18.8. The summed E-state index contributed by atoms with van der Waals surface area (Å²) in [4.78, 5) is 15.9. The lowest BCUT2D eigenvalue weighted by atomic mass is 10.1. The van der Waals surface area contributed by atoms with E-state index < -0.39 is 23.9 Å². The number of aromatic amines is 1. The van der Waals surface area contributed by atoms with Gasteiger partial charge in [-0.15, -0.1) is 0 Å². The first-order chi connectivity index (χ1) is 16.3. The van der Waals surface area contributed by atoms with Crippen molar-refractivity contribution in [2.45, 2.75) is 31.8 Å². The lowest BCUT2D eigenvalue weighted by Crippen LogP contribution is -2.36. The summed E-state index contributed by atoms with van der Waals surface area (Å²) in [6, 6.07) is 19.8. The highest BCUT2D eigenvalue weighted by Crippen LogP contribution is 2.29. The molecule has 8 heteroatoms. The fourth-order valence-electron chi connectivity index (χ4n) is 3.71. The molecule has 1 unspecified atom stereocenters. The van der Waals surface area contributed by atoms with E-state index in [-0.39, 0.29) is 13.0 Å². The van der Waals surface area contributed by atoms with E-state index in [4.69, 9.17) is 16.3 Å². The Hall–Kier alpha value is -3.29. The zero-order chi connectivity index (χ0) is 24.1. The number of H-pyrrole nitrogens is 1. The van der Waals surface area contributed by atoms with E-state index in [1.807, 2.05) is 36.4 Å². The molecule has 0 amide bonds. The van der Waals surface area contributed by atoms with Gasteiger partial charge in [-0.3, -0.25) is 10.1 Å². The molecule has 0 fully saturated rings. The maximum absolute atomic E-state index is 13.0. The standard InChI is InChI=1S/C26H22ClF3N2O2/c27-21-10-8-17(9-11-21)13-24(32-15-18-4-3-5-20(12-18)26(28,29)30)34-25(33)14-19-16-31-23-7-2-1-6-22(19)23/h1-12,16,24,31-32H,13-15H2. The van der Waals surface area contributed by atoms with Gasteiger partial charge < -0.3 is 9.72 Å². The topological polar surface area (TPSA) is 54.1 Å². The predicted octanol–water partition coefficient (Wildman–Crippen LogP) is 6.28. The van der Waals surface area contributed by atoms with Crippen molar-refractivity contribution in [3.8, 4) is 0 Å². The molecule has 1 atom stereocenters. The van der Waals surface area contributed by atoms with E-state index in [0.717, 1.165) is 34.2 Å². The van der Waals surface area contributed by atoms with Gasteiger partial charge in [-0.25, -0.2) is 0 Å². The van der Waals surface area contributed by atoms with Crippen molar-refractivity contribution < 1.29 is 22.7 Å². The van der Waals surface area contributed by atoms with E-state index in [9.17, 15) is 18.0 Å². The van der Waals surface area contributed by atoms with Crippen molar-refractivity contribution in [3.63, 3.8) is 0 Å². The SMILES string of the molecule is O=C(Cc1c[nH]c2ccccc12)OC(Cc1ccc(Cl)cc1)NCc1cccc(C(F)(F)F)c1. The molecule has 0 saturated heterocycles. The summed E-state index contributed by atoms with van der Waals surface area (Å²) in [7, 11) is 0. The number of para-hydroxylation sites is 1. The van der Waals surface area contributed by atoms with E-state index >= 15 is 0 Å². The van der Waals surface area contributed by atoms with Gasteiger partial charge in [0.2, 0.25) is 0 Å².